The molecule has 6 aliphatic rings. The number of Topliss-reactive ketones (excluding diaryl/α,β-unsaturated/α-hetero) is 2. The molecule has 10 rings (SSSR count). The van der Waals surface area contributed by atoms with Gasteiger partial charge in [0.05, 0.1) is 30.6 Å². The summed E-state index contributed by atoms with van der Waals surface area (Å²) in [6.45, 7) is 5.54. The highest BCUT2D eigenvalue weighted by atomic mass is 19.3. The van der Waals surface area contributed by atoms with Crippen molar-refractivity contribution < 1.29 is 32.8 Å². The standard InChI is InChI=1S/C46H50F2N8O5/c1-25(57)54-17-14-37-36(24-54)45(55-15-3-4-28-18-33(29-20-49-52(2)22-29)34(44(47)48)19-38(28)55)51-56(37)30-8-5-26(6-9-30)21-53-16-13-27-7-10-31-40(35(27)23-53)43(60)41(42(31)59)32-11-12-39(58)50-46(32)61/h7,10,18-20,22,26,30,32,41,44H,3-6,8-9,11-17,21,23-24H2,1-2H3,(H,50,58,61). The number of carbonyl (C=O) groups is 5. The van der Waals surface area contributed by atoms with Gasteiger partial charge < -0.3 is 9.80 Å². The monoisotopic (exact) mass is 832 g/mol. The van der Waals surface area contributed by atoms with Gasteiger partial charge in [0.2, 0.25) is 17.7 Å². The number of imide groups is 1. The van der Waals surface area contributed by atoms with Crippen LogP contribution in [-0.4, -0.2) is 84.8 Å². The van der Waals surface area contributed by atoms with Gasteiger partial charge in [-0.05, 0) is 91.7 Å². The Hall–Kier alpha value is -5.57. The van der Waals surface area contributed by atoms with E-state index in [4.69, 9.17) is 5.10 Å². The normalized spacial score (nSPS) is 24.1. The van der Waals surface area contributed by atoms with Crippen molar-refractivity contribution in [3.05, 3.63) is 81.3 Å². The van der Waals surface area contributed by atoms with Gasteiger partial charge in [0.25, 0.3) is 6.43 Å². The van der Waals surface area contributed by atoms with E-state index in [2.05, 4.69) is 24.9 Å². The van der Waals surface area contributed by atoms with Gasteiger partial charge in [-0.3, -0.25) is 43.6 Å². The van der Waals surface area contributed by atoms with Crippen LogP contribution in [0.3, 0.4) is 0 Å². The smallest absolute Gasteiger partial charge is 0.264 e. The first-order valence-electron chi connectivity index (χ1n) is 21.8. The van der Waals surface area contributed by atoms with Gasteiger partial charge >= 0.3 is 0 Å². The summed E-state index contributed by atoms with van der Waals surface area (Å²) in [6, 6.07) is 7.41. The number of anilines is 2. The molecule has 3 amide bonds. The highest BCUT2D eigenvalue weighted by Gasteiger charge is 2.49. The Morgan fingerprint density at radius 2 is 1.70 bits per heavy atom. The fourth-order valence-electron chi connectivity index (χ4n) is 11.2. The fourth-order valence-corrected chi connectivity index (χ4v) is 11.2. The minimum Gasteiger partial charge on any atom is -0.338 e. The van der Waals surface area contributed by atoms with Crippen LogP contribution in [0.25, 0.3) is 11.1 Å². The van der Waals surface area contributed by atoms with E-state index in [0.717, 1.165) is 97.5 Å². The molecular formula is C46H50F2N8O5. The van der Waals surface area contributed by atoms with Crippen molar-refractivity contribution in [3.8, 4) is 11.1 Å². The molecule has 15 heteroatoms. The average molecular weight is 833 g/mol. The van der Waals surface area contributed by atoms with Crippen LogP contribution in [0.15, 0.2) is 36.7 Å². The summed E-state index contributed by atoms with van der Waals surface area (Å²) in [7, 11) is 1.78. The molecule has 318 valence electrons. The molecule has 2 aromatic carbocycles. The van der Waals surface area contributed by atoms with Crippen molar-refractivity contribution in [3.63, 3.8) is 0 Å². The Bertz CT molecular complexity index is 2500. The topological polar surface area (TPSA) is 143 Å². The highest BCUT2D eigenvalue weighted by Crippen LogP contribution is 2.45. The number of hydrogen-bond donors (Lipinski definition) is 1. The Morgan fingerprint density at radius 1 is 0.885 bits per heavy atom. The summed E-state index contributed by atoms with van der Waals surface area (Å²) < 4.78 is 33.3. The average Bonchev–Trinajstić information content (AvgIpc) is 3.93. The second-order valence-corrected chi connectivity index (χ2v) is 18.0. The van der Waals surface area contributed by atoms with Crippen LogP contribution in [0.4, 0.5) is 20.3 Å². The van der Waals surface area contributed by atoms with Crippen LogP contribution in [0.5, 0.6) is 0 Å². The molecule has 1 saturated carbocycles. The first-order valence-corrected chi connectivity index (χ1v) is 21.8. The maximum absolute atomic E-state index is 14.7. The minimum absolute atomic E-state index is 0.000361. The molecule has 2 fully saturated rings. The van der Waals surface area contributed by atoms with E-state index in [0.29, 0.717) is 60.8 Å². The molecule has 1 N–H and O–H groups in total. The summed E-state index contributed by atoms with van der Waals surface area (Å²) in [5, 5.41) is 11.9. The first kappa shape index (κ1) is 39.6. The van der Waals surface area contributed by atoms with Crippen LogP contribution in [0.1, 0.15) is 119 Å². The molecule has 0 bridgehead atoms. The number of benzene rings is 2. The number of piperidine rings is 1. The molecule has 2 unspecified atom stereocenters. The van der Waals surface area contributed by atoms with E-state index in [1.54, 1.807) is 43.2 Å². The Labute approximate surface area is 352 Å². The fraction of sp³-hybridized carbons (Fsp3) is 0.500. The van der Waals surface area contributed by atoms with Crippen molar-refractivity contribution >= 4 is 40.8 Å². The molecule has 2 aliphatic carbocycles. The SMILES string of the molecule is CC(=O)N1CCc2c(c(N3CCCc4cc(-c5cnn(C)c5)c(C(F)F)cc43)nn2C2CCC(CN3CCc4ccc5c(c4C3)C(=O)C(C3CCC(=O)NC3=O)C5=O)CC2)C1. The van der Waals surface area contributed by atoms with E-state index in [1.807, 2.05) is 17.0 Å². The lowest BCUT2D eigenvalue weighted by Gasteiger charge is -2.36. The van der Waals surface area contributed by atoms with Gasteiger partial charge in [0, 0.05) is 105 Å². The van der Waals surface area contributed by atoms with Gasteiger partial charge in [-0.25, -0.2) is 8.78 Å². The van der Waals surface area contributed by atoms with E-state index >= 15 is 0 Å². The van der Waals surface area contributed by atoms with Gasteiger partial charge in [-0.2, -0.15) is 10.2 Å². The number of fused-ring (bicyclic) bond motifs is 5. The second kappa shape index (κ2) is 15.4. The van der Waals surface area contributed by atoms with Crippen molar-refractivity contribution in [2.75, 3.05) is 31.1 Å². The molecule has 6 heterocycles. The molecule has 0 radical (unpaired) electrons. The largest absolute Gasteiger partial charge is 0.338 e. The van der Waals surface area contributed by atoms with Crippen LogP contribution in [-0.2, 0) is 53.8 Å². The second-order valence-electron chi connectivity index (χ2n) is 18.0. The number of hydrogen-bond acceptors (Lipinski definition) is 9. The summed E-state index contributed by atoms with van der Waals surface area (Å²) in [5.74, 6) is -2.25. The third-order valence-corrected chi connectivity index (χ3v) is 14.3. The molecule has 61 heavy (non-hydrogen) atoms. The summed E-state index contributed by atoms with van der Waals surface area (Å²) in [6.07, 6.45) is 7.90. The zero-order chi connectivity index (χ0) is 42.3. The number of rotatable bonds is 7. The van der Waals surface area contributed by atoms with Crippen molar-refractivity contribution in [1.29, 1.82) is 0 Å². The molecule has 4 aliphatic heterocycles. The van der Waals surface area contributed by atoms with Gasteiger partial charge in [0.1, 0.15) is 0 Å². The van der Waals surface area contributed by atoms with Crippen molar-refractivity contribution in [1.82, 2.24) is 34.7 Å². The van der Waals surface area contributed by atoms with Crippen molar-refractivity contribution in [2.24, 2.45) is 24.8 Å². The number of aromatic nitrogens is 4. The predicted octanol–water partition coefficient (Wildman–Crippen LogP) is 6.05. The van der Waals surface area contributed by atoms with E-state index in [9.17, 15) is 32.8 Å². The third-order valence-electron chi connectivity index (χ3n) is 14.3. The zero-order valence-corrected chi connectivity index (χ0v) is 34.6. The lowest BCUT2D eigenvalue weighted by atomic mass is 9.82. The Kier molecular flexibility index (Phi) is 9.99. The van der Waals surface area contributed by atoms with Gasteiger partial charge in [-0.1, -0.05) is 12.1 Å². The van der Waals surface area contributed by atoms with E-state index in [-0.39, 0.29) is 47.8 Å². The zero-order valence-electron chi connectivity index (χ0n) is 34.6. The van der Waals surface area contributed by atoms with E-state index in [1.165, 1.54) is 0 Å². The van der Waals surface area contributed by atoms with Gasteiger partial charge in [-0.15, -0.1) is 0 Å². The lowest BCUT2D eigenvalue weighted by molar-refractivity contribution is -0.137. The molecule has 13 nitrogen and oxygen atoms in total. The van der Waals surface area contributed by atoms with E-state index < -0.39 is 24.2 Å². The number of carbonyl (C=O) groups excluding carboxylic acids is 5. The number of halogens is 2. The maximum Gasteiger partial charge on any atom is 0.264 e. The van der Waals surface area contributed by atoms with Crippen LogP contribution >= 0.6 is 0 Å². The molecule has 4 aromatic rings. The molecule has 2 aromatic heterocycles. The number of amides is 3. The predicted molar refractivity (Wildman–Crippen MR) is 220 cm³/mol. The molecular weight excluding hydrogens is 783 g/mol. The van der Waals surface area contributed by atoms with Crippen LogP contribution in [0, 0.1) is 17.8 Å². The quantitative estimate of drug-likeness (QED) is 0.174. The van der Waals surface area contributed by atoms with Gasteiger partial charge in [0.15, 0.2) is 17.4 Å². The van der Waals surface area contributed by atoms with Crippen LogP contribution < -0.4 is 10.2 Å². The summed E-state index contributed by atoms with van der Waals surface area (Å²) in [4.78, 5) is 71.1. The molecule has 2 atom stereocenters. The Balaban J connectivity index is 0.872. The van der Waals surface area contributed by atoms with Crippen molar-refractivity contribution in [2.45, 2.75) is 96.7 Å². The number of nitrogens with zero attached hydrogens (tertiary/aromatic N) is 7. The third kappa shape index (κ3) is 6.88. The number of nitrogens with one attached hydrogen (secondary N) is 1. The maximum atomic E-state index is 14.7. The number of aryl methyl sites for hydroxylation is 2. The number of ketones is 2. The minimum atomic E-state index is -2.68. The lowest BCUT2D eigenvalue weighted by Crippen LogP contribution is -2.46. The van der Waals surface area contributed by atoms with Crippen LogP contribution in [0.2, 0.25) is 0 Å². The summed E-state index contributed by atoms with van der Waals surface area (Å²) >= 11 is 0. The highest BCUT2D eigenvalue weighted by molar-refractivity contribution is 6.28. The Morgan fingerprint density at radius 3 is 2.44 bits per heavy atom. The summed E-state index contributed by atoms with van der Waals surface area (Å²) in [5.41, 5.74) is 7.81. The molecule has 0 spiro atoms. The number of alkyl halides is 2. The molecule has 1 saturated heterocycles. The first-order chi connectivity index (χ1) is 29.4.